The second-order valence-corrected chi connectivity index (χ2v) is 5.19. The van der Waals surface area contributed by atoms with Crippen LogP contribution in [0, 0.1) is 5.92 Å². The number of rotatable bonds is 3. The van der Waals surface area contributed by atoms with Gasteiger partial charge in [-0.15, -0.1) is 0 Å². The third-order valence-electron chi connectivity index (χ3n) is 3.44. The van der Waals surface area contributed by atoms with E-state index in [0.29, 0.717) is 5.92 Å². The van der Waals surface area contributed by atoms with E-state index in [9.17, 15) is 0 Å². The van der Waals surface area contributed by atoms with Gasteiger partial charge in [-0.1, -0.05) is 29.8 Å². The van der Waals surface area contributed by atoms with Gasteiger partial charge in [0.2, 0.25) is 0 Å². The van der Waals surface area contributed by atoms with Crippen molar-refractivity contribution in [3.63, 3.8) is 0 Å². The number of aromatic nitrogens is 2. The van der Waals surface area contributed by atoms with Crippen LogP contribution >= 0.6 is 11.6 Å². The van der Waals surface area contributed by atoms with Crippen LogP contribution in [-0.2, 0) is 6.42 Å². The molecule has 2 heterocycles. The second kappa shape index (κ2) is 5.12. The van der Waals surface area contributed by atoms with Gasteiger partial charge in [0.15, 0.2) is 0 Å². The maximum Gasteiger partial charge on any atom is 0.106 e. The van der Waals surface area contributed by atoms with E-state index in [-0.39, 0.29) is 0 Å². The van der Waals surface area contributed by atoms with Crippen molar-refractivity contribution in [2.45, 2.75) is 12.8 Å². The fourth-order valence-corrected chi connectivity index (χ4v) is 2.68. The Morgan fingerprint density at radius 2 is 2.22 bits per heavy atom. The van der Waals surface area contributed by atoms with Crippen LogP contribution in [0.3, 0.4) is 0 Å². The molecule has 0 saturated carbocycles. The third-order valence-corrected chi connectivity index (χ3v) is 3.77. The Labute approximate surface area is 112 Å². The van der Waals surface area contributed by atoms with Crippen molar-refractivity contribution in [3.8, 4) is 11.3 Å². The van der Waals surface area contributed by atoms with Crippen LogP contribution in [0.1, 0.15) is 12.2 Å². The largest absolute Gasteiger partial charge is 0.342 e. The summed E-state index contributed by atoms with van der Waals surface area (Å²) in [5.74, 6) is 1.76. The third kappa shape index (κ3) is 2.42. The van der Waals surface area contributed by atoms with E-state index in [1.54, 1.807) is 0 Å². The first-order chi connectivity index (χ1) is 8.83. The molecule has 94 valence electrons. The van der Waals surface area contributed by atoms with Crippen molar-refractivity contribution in [2.75, 3.05) is 13.1 Å². The highest BCUT2D eigenvalue weighted by molar-refractivity contribution is 6.33. The molecular weight excluding hydrogens is 246 g/mol. The summed E-state index contributed by atoms with van der Waals surface area (Å²) in [4.78, 5) is 7.83. The predicted molar refractivity (Wildman–Crippen MR) is 73.7 cm³/mol. The lowest BCUT2D eigenvalue weighted by atomic mass is 10.1. The summed E-state index contributed by atoms with van der Waals surface area (Å²) in [6.45, 7) is 2.23. The molecule has 1 aromatic heterocycles. The number of hydrogen-bond acceptors (Lipinski definition) is 2. The van der Waals surface area contributed by atoms with Gasteiger partial charge in [-0.2, -0.15) is 0 Å². The second-order valence-electron chi connectivity index (χ2n) is 4.79. The maximum atomic E-state index is 6.18. The van der Waals surface area contributed by atoms with Crippen LogP contribution in [-0.4, -0.2) is 23.1 Å². The number of nitrogens with one attached hydrogen (secondary N) is 2. The highest BCUT2D eigenvalue weighted by atomic mass is 35.5. The number of aromatic amines is 1. The van der Waals surface area contributed by atoms with Crippen molar-refractivity contribution in [1.29, 1.82) is 0 Å². The normalized spacial score (nSPS) is 19.3. The number of H-pyrrole nitrogens is 1. The zero-order chi connectivity index (χ0) is 12.4. The van der Waals surface area contributed by atoms with Crippen LogP contribution in [0.25, 0.3) is 11.3 Å². The molecular formula is C14H16ClN3. The molecule has 1 atom stereocenters. The van der Waals surface area contributed by atoms with E-state index in [1.165, 1.54) is 6.42 Å². The molecule has 3 rings (SSSR count). The van der Waals surface area contributed by atoms with Crippen LogP contribution in [0.15, 0.2) is 30.5 Å². The minimum Gasteiger partial charge on any atom is -0.342 e. The van der Waals surface area contributed by atoms with Crippen molar-refractivity contribution in [3.05, 3.63) is 41.3 Å². The Morgan fingerprint density at radius 1 is 1.33 bits per heavy atom. The molecule has 2 N–H and O–H groups in total. The quantitative estimate of drug-likeness (QED) is 0.892. The monoisotopic (exact) mass is 261 g/mol. The first kappa shape index (κ1) is 11.8. The highest BCUT2D eigenvalue weighted by Crippen LogP contribution is 2.26. The summed E-state index contributed by atoms with van der Waals surface area (Å²) in [7, 11) is 0. The number of imidazole rings is 1. The number of hydrogen-bond donors (Lipinski definition) is 2. The van der Waals surface area contributed by atoms with Crippen molar-refractivity contribution in [1.82, 2.24) is 15.3 Å². The van der Waals surface area contributed by atoms with Crippen molar-refractivity contribution >= 4 is 11.6 Å². The predicted octanol–water partition coefficient (Wildman–Crippen LogP) is 2.88. The number of nitrogens with zero attached hydrogens (tertiary/aromatic N) is 1. The van der Waals surface area contributed by atoms with Crippen LogP contribution in [0.5, 0.6) is 0 Å². The van der Waals surface area contributed by atoms with Gasteiger partial charge in [0, 0.05) is 17.0 Å². The first-order valence-corrected chi connectivity index (χ1v) is 6.70. The Balaban J connectivity index is 1.79. The molecule has 0 bridgehead atoms. The Hall–Kier alpha value is -1.32. The summed E-state index contributed by atoms with van der Waals surface area (Å²) in [5.41, 5.74) is 2.02. The smallest absolute Gasteiger partial charge is 0.106 e. The molecule has 1 aromatic carbocycles. The van der Waals surface area contributed by atoms with Gasteiger partial charge in [-0.25, -0.2) is 4.98 Å². The summed E-state index contributed by atoms with van der Waals surface area (Å²) < 4.78 is 0. The average molecular weight is 262 g/mol. The van der Waals surface area contributed by atoms with Gasteiger partial charge in [0.05, 0.1) is 11.9 Å². The zero-order valence-electron chi connectivity index (χ0n) is 10.1. The van der Waals surface area contributed by atoms with Gasteiger partial charge in [0.25, 0.3) is 0 Å². The van der Waals surface area contributed by atoms with E-state index in [4.69, 9.17) is 11.6 Å². The molecule has 2 aromatic rings. The highest BCUT2D eigenvalue weighted by Gasteiger charge is 2.16. The van der Waals surface area contributed by atoms with Crippen molar-refractivity contribution in [2.24, 2.45) is 5.92 Å². The van der Waals surface area contributed by atoms with Crippen LogP contribution in [0.2, 0.25) is 5.02 Å². The van der Waals surface area contributed by atoms with Gasteiger partial charge in [0.1, 0.15) is 5.82 Å². The lowest BCUT2D eigenvalue weighted by molar-refractivity contribution is 0.565. The number of benzene rings is 1. The van der Waals surface area contributed by atoms with E-state index in [1.807, 2.05) is 30.5 Å². The summed E-state index contributed by atoms with van der Waals surface area (Å²) in [6, 6.07) is 7.84. The maximum absolute atomic E-state index is 6.18. The fourth-order valence-electron chi connectivity index (χ4n) is 2.44. The summed E-state index contributed by atoms with van der Waals surface area (Å²) >= 11 is 6.18. The van der Waals surface area contributed by atoms with Gasteiger partial charge in [-0.3, -0.25) is 0 Å². The van der Waals surface area contributed by atoms with E-state index < -0.39 is 0 Å². The Morgan fingerprint density at radius 3 is 3.00 bits per heavy atom. The molecule has 1 saturated heterocycles. The molecule has 0 radical (unpaired) electrons. The molecule has 0 amide bonds. The van der Waals surface area contributed by atoms with E-state index in [2.05, 4.69) is 15.3 Å². The van der Waals surface area contributed by atoms with Crippen molar-refractivity contribution < 1.29 is 0 Å². The van der Waals surface area contributed by atoms with E-state index >= 15 is 0 Å². The van der Waals surface area contributed by atoms with Gasteiger partial charge < -0.3 is 10.3 Å². The molecule has 0 aliphatic carbocycles. The molecule has 1 aliphatic rings. The molecule has 1 aliphatic heterocycles. The fraction of sp³-hybridized carbons (Fsp3) is 0.357. The van der Waals surface area contributed by atoms with Crippen LogP contribution < -0.4 is 5.32 Å². The lowest BCUT2D eigenvalue weighted by Crippen LogP contribution is -2.11. The van der Waals surface area contributed by atoms with E-state index in [0.717, 1.165) is 41.6 Å². The summed E-state index contributed by atoms with van der Waals surface area (Å²) in [6.07, 6.45) is 4.12. The Bertz CT molecular complexity index is 529. The minimum absolute atomic E-state index is 0.704. The molecule has 0 spiro atoms. The molecule has 18 heavy (non-hydrogen) atoms. The Kier molecular flexibility index (Phi) is 3.35. The molecule has 1 fully saturated rings. The number of halogens is 1. The average Bonchev–Trinajstić information content (AvgIpc) is 3.02. The van der Waals surface area contributed by atoms with Crippen LogP contribution in [0.4, 0.5) is 0 Å². The SMILES string of the molecule is Clc1ccccc1-c1cnc(CC2CCNC2)[nH]1. The molecule has 1 unspecified atom stereocenters. The minimum atomic E-state index is 0.704. The van der Waals surface area contributed by atoms with Gasteiger partial charge >= 0.3 is 0 Å². The van der Waals surface area contributed by atoms with Gasteiger partial charge in [-0.05, 0) is 31.5 Å². The zero-order valence-corrected chi connectivity index (χ0v) is 10.9. The standard InChI is InChI=1S/C14H16ClN3/c15-12-4-2-1-3-11(12)13-9-17-14(18-13)7-10-5-6-16-8-10/h1-4,9-10,16H,5-8H2,(H,17,18). The molecule has 4 heteroatoms. The summed E-state index contributed by atoms with van der Waals surface area (Å²) in [5, 5.41) is 4.14. The topological polar surface area (TPSA) is 40.7 Å². The lowest BCUT2D eigenvalue weighted by Gasteiger charge is -2.04. The molecule has 3 nitrogen and oxygen atoms in total. The first-order valence-electron chi connectivity index (χ1n) is 6.32.